The van der Waals surface area contributed by atoms with E-state index in [2.05, 4.69) is 34.2 Å². The summed E-state index contributed by atoms with van der Waals surface area (Å²) in [6.07, 6.45) is 1.37. The highest BCUT2D eigenvalue weighted by atomic mass is 127. The summed E-state index contributed by atoms with van der Waals surface area (Å²) in [6.45, 7) is 4.70. The standard InChI is InChI=1S/C10H21N3O2.HI/c1-5-8(2)13-10(11-3)12-7-6-9(14)15-4;/h8H,5-7H2,1-4H3,(H2,11,12,13);1H. The van der Waals surface area contributed by atoms with Gasteiger partial charge in [-0.05, 0) is 13.3 Å². The van der Waals surface area contributed by atoms with E-state index in [9.17, 15) is 4.79 Å². The molecule has 0 aliphatic carbocycles. The summed E-state index contributed by atoms with van der Waals surface area (Å²) in [6, 6.07) is 0.370. The van der Waals surface area contributed by atoms with E-state index in [0.717, 1.165) is 6.42 Å². The van der Waals surface area contributed by atoms with Gasteiger partial charge in [-0.1, -0.05) is 6.92 Å². The summed E-state index contributed by atoms with van der Waals surface area (Å²) in [5, 5.41) is 6.23. The molecule has 0 saturated carbocycles. The number of methoxy groups -OCH3 is 1. The quantitative estimate of drug-likeness (QED) is 0.340. The van der Waals surface area contributed by atoms with Crippen molar-refractivity contribution in [1.82, 2.24) is 10.6 Å². The van der Waals surface area contributed by atoms with Crippen molar-refractivity contribution < 1.29 is 9.53 Å². The highest BCUT2D eigenvalue weighted by Crippen LogP contribution is 1.87. The van der Waals surface area contributed by atoms with Crippen LogP contribution in [0.5, 0.6) is 0 Å². The van der Waals surface area contributed by atoms with Gasteiger partial charge in [-0.2, -0.15) is 0 Å². The van der Waals surface area contributed by atoms with Crippen LogP contribution < -0.4 is 10.6 Å². The third-order valence-corrected chi connectivity index (χ3v) is 2.07. The van der Waals surface area contributed by atoms with Gasteiger partial charge in [-0.15, -0.1) is 24.0 Å². The molecule has 0 aromatic heterocycles. The largest absolute Gasteiger partial charge is 0.469 e. The molecule has 0 fully saturated rings. The average Bonchev–Trinajstić information content (AvgIpc) is 2.26. The first kappa shape index (κ1) is 17.9. The lowest BCUT2D eigenvalue weighted by molar-refractivity contribution is -0.140. The van der Waals surface area contributed by atoms with Crippen molar-refractivity contribution in [3.05, 3.63) is 0 Å². The van der Waals surface area contributed by atoms with Crippen molar-refractivity contribution in [3.8, 4) is 0 Å². The molecule has 1 atom stereocenters. The van der Waals surface area contributed by atoms with Gasteiger partial charge in [-0.25, -0.2) is 0 Å². The Hall–Kier alpha value is -0.530. The van der Waals surface area contributed by atoms with E-state index < -0.39 is 0 Å². The Morgan fingerprint density at radius 1 is 1.50 bits per heavy atom. The van der Waals surface area contributed by atoms with Gasteiger partial charge in [-0.3, -0.25) is 9.79 Å². The lowest BCUT2D eigenvalue weighted by Gasteiger charge is -2.15. The zero-order valence-corrected chi connectivity index (χ0v) is 12.7. The van der Waals surface area contributed by atoms with Gasteiger partial charge in [0.1, 0.15) is 0 Å². The van der Waals surface area contributed by atoms with Crippen molar-refractivity contribution in [2.24, 2.45) is 4.99 Å². The average molecular weight is 343 g/mol. The molecule has 0 aromatic carbocycles. The second-order valence-electron chi connectivity index (χ2n) is 3.28. The van der Waals surface area contributed by atoms with Gasteiger partial charge in [0, 0.05) is 19.6 Å². The Balaban J connectivity index is 0. The van der Waals surface area contributed by atoms with Crippen LogP contribution in [0.4, 0.5) is 0 Å². The molecule has 0 spiro atoms. The van der Waals surface area contributed by atoms with Crippen molar-refractivity contribution in [3.63, 3.8) is 0 Å². The molecule has 5 nitrogen and oxygen atoms in total. The van der Waals surface area contributed by atoms with Crippen molar-refractivity contribution in [1.29, 1.82) is 0 Å². The number of nitrogens with zero attached hydrogens (tertiary/aromatic N) is 1. The van der Waals surface area contributed by atoms with Crippen LogP contribution in [-0.2, 0) is 9.53 Å². The van der Waals surface area contributed by atoms with Crippen molar-refractivity contribution >= 4 is 35.9 Å². The summed E-state index contributed by atoms with van der Waals surface area (Å²) in [5.41, 5.74) is 0. The van der Waals surface area contributed by atoms with Crippen molar-refractivity contribution in [2.75, 3.05) is 20.7 Å². The molecule has 2 N–H and O–H groups in total. The van der Waals surface area contributed by atoms with E-state index in [4.69, 9.17) is 0 Å². The van der Waals surface area contributed by atoms with E-state index >= 15 is 0 Å². The van der Waals surface area contributed by atoms with Crippen LogP contribution in [0, 0.1) is 0 Å². The molecule has 0 rings (SSSR count). The maximum absolute atomic E-state index is 10.8. The Morgan fingerprint density at radius 2 is 2.12 bits per heavy atom. The smallest absolute Gasteiger partial charge is 0.307 e. The summed E-state index contributed by atoms with van der Waals surface area (Å²) in [4.78, 5) is 14.9. The fourth-order valence-corrected chi connectivity index (χ4v) is 0.915. The number of hydrogen-bond donors (Lipinski definition) is 2. The summed E-state index contributed by atoms with van der Waals surface area (Å²) < 4.78 is 4.53. The first-order chi connectivity index (χ1) is 7.13. The summed E-state index contributed by atoms with van der Waals surface area (Å²) in [7, 11) is 3.09. The van der Waals surface area contributed by atoms with E-state index in [1.54, 1.807) is 7.05 Å². The highest BCUT2D eigenvalue weighted by Gasteiger charge is 2.03. The van der Waals surface area contributed by atoms with E-state index in [1.165, 1.54) is 7.11 Å². The van der Waals surface area contributed by atoms with E-state index in [1.807, 2.05) is 0 Å². The van der Waals surface area contributed by atoms with Gasteiger partial charge in [0.25, 0.3) is 0 Å². The first-order valence-corrected chi connectivity index (χ1v) is 5.18. The molecule has 0 amide bonds. The maximum Gasteiger partial charge on any atom is 0.307 e. The lowest BCUT2D eigenvalue weighted by Crippen LogP contribution is -2.42. The molecule has 0 saturated heterocycles. The zero-order valence-electron chi connectivity index (χ0n) is 10.4. The molecule has 16 heavy (non-hydrogen) atoms. The molecule has 0 aromatic rings. The lowest BCUT2D eigenvalue weighted by atomic mass is 10.3. The maximum atomic E-state index is 10.8. The normalized spacial score (nSPS) is 12.4. The SMILES string of the molecule is CCC(C)NC(=NC)NCCC(=O)OC.I. The third-order valence-electron chi connectivity index (χ3n) is 2.07. The molecule has 0 bridgehead atoms. The number of carbonyl (C=O) groups is 1. The number of hydrogen-bond acceptors (Lipinski definition) is 3. The van der Waals surface area contributed by atoms with Gasteiger partial charge in [0.2, 0.25) is 0 Å². The minimum absolute atomic E-state index is 0. The Kier molecular flexibility index (Phi) is 12.2. The van der Waals surface area contributed by atoms with E-state index in [-0.39, 0.29) is 29.9 Å². The van der Waals surface area contributed by atoms with Gasteiger partial charge in [0.05, 0.1) is 13.5 Å². The molecule has 96 valence electrons. The third kappa shape index (κ3) is 8.75. The second-order valence-corrected chi connectivity index (χ2v) is 3.28. The molecule has 0 radical (unpaired) electrons. The number of guanidine groups is 1. The number of rotatable bonds is 5. The van der Waals surface area contributed by atoms with Crippen LogP contribution in [0.25, 0.3) is 0 Å². The van der Waals surface area contributed by atoms with Gasteiger partial charge in [0.15, 0.2) is 5.96 Å². The number of carbonyl (C=O) groups excluding carboxylic acids is 1. The Morgan fingerprint density at radius 3 is 2.56 bits per heavy atom. The Bertz CT molecular complexity index is 222. The van der Waals surface area contributed by atoms with Gasteiger partial charge >= 0.3 is 5.97 Å². The fraction of sp³-hybridized carbons (Fsp3) is 0.800. The fourth-order valence-electron chi connectivity index (χ4n) is 0.915. The molecule has 0 aliphatic rings. The number of esters is 1. The topological polar surface area (TPSA) is 62.7 Å². The number of nitrogens with one attached hydrogen (secondary N) is 2. The van der Waals surface area contributed by atoms with Crippen LogP contribution in [0.15, 0.2) is 4.99 Å². The highest BCUT2D eigenvalue weighted by molar-refractivity contribution is 14.0. The van der Waals surface area contributed by atoms with Crippen molar-refractivity contribution in [2.45, 2.75) is 32.7 Å². The molecule has 0 aliphatic heterocycles. The molecule has 1 unspecified atom stereocenters. The Labute approximate surface area is 114 Å². The minimum Gasteiger partial charge on any atom is -0.469 e. The van der Waals surface area contributed by atoms with E-state index in [0.29, 0.717) is 25.0 Å². The summed E-state index contributed by atoms with van der Waals surface area (Å²) >= 11 is 0. The first-order valence-electron chi connectivity index (χ1n) is 5.18. The van der Waals surface area contributed by atoms with Crippen LogP contribution in [0.3, 0.4) is 0 Å². The van der Waals surface area contributed by atoms with Crippen LogP contribution in [0.2, 0.25) is 0 Å². The number of halogens is 1. The zero-order chi connectivity index (χ0) is 11.7. The van der Waals surface area contributed by atoms with Crippen LogP contribution in [0.1, 0.15) is 26.7 Å². The van der Waals surface area contributed by atoms with Crippen LogP contribution >= 0.6 is 24.0 Å². The molecule has 0 heterocycles. The number of ether oxygens (including phenoxy) is 1. The number of aliphatic imine (C=N–C) groups is 1. The molecule has 6 heteroatoms. The molecular weight excluding hydrogens is 321 g/mol. The predicted molar refractivity (Wildman–Crippen MR) is 76.3 cm³/mol. The summed E-state index contributed by atoms with van der Waals surface area (Å²) in [5.74, 6) is 0.495. The minimum atomic E-state index is -0.221. The molecular formula is C10H22IN3O2. The van der Waals surface area contributed by atoms with Gasteiger partial charge < -0.3 is 15.4 Å². The predicted octanol–water partition coefficient (Wildman–Crippen LogP) is 1.13. The van der Waals surface area contributed by atoms with Crippen LogP contribution in [-0.4, -0.2) is 38.7 Å². The monoisotopic (exact) mass is 343 g/mol. The second kappa shape index (κ2) is 11.0.